The number of nitrogens with zero attached hydrogens (tertiary/aromatic N) is 1. The lowest BCUT2D eigenvalue weighted by Gasteiger charge is -2.35. The van der Waals surface area contributed by atoms with Gasteiger partial charge in [0.2, 0.25) is 15.9 Å². The van der Waals surface area contributed by atoms with Gasteiger partial charge in [0.25, 0.3) is 0 Å². The maximum Gasteiger partial charge on any atom is 0.233 e. The second-order valence-corrected chi connectivity index (χ2v) is 7.87. The lowest BCUT2D eigenvalue weighted by molar-refractivity contribution is -0.142. The summed E-state index contributed by atoms with van der Waals surface area (Å²) in [6, 6.07) is 7.07. The molecule has 0 aromatic heterocycles. The first-order valence-corrected chi connectivity index (χ1v) is 9.39. The minimum Gasteiger partial charge on any atom is -0.377 e. The van der Waals surface area contributed by atoms with E-state index in [-0.39, 0.29) is 17.7 Å². The number of benzene rings is 1. The second kappa shape index (κ2) is 7.31. The number of carbonyl (C=O) groups excluding carboxylic acids is 1. The molecule has 1 amide bonds. The molecule has 23 heavy (non-hydrogen) atoms. The Balaban J connectivity index is 1.98. The Labute approximate surface area is 137 Å². The lowest BCUT2D eigenvalue weighted by atomic mass is 10.1. The molecule has 1 aliphatic heterocycles. The molecule has 0 bridgehead atoms. The molecule has 6 nitrogen and oxygen atoms in total. The van der Waals surface area contributed by atoms with E-state index in [0.717, 1.165) is 5.56 Å². The summed E-state index contributed by atoms with van der Waals surface area (Å²) in [7, 11) is -3.58. The lowest BCUT2D eigenvalue weighted by Crippen LogP contribution is -2.50. The molecule has 2 atom stereocenters. The van der Waals surface area contributed by atoms with E-state index in [1.807, 2.05) is 26.0 Å². The van der Waals surface area contributed by atoms with Crippen LogP contribution in [0.3, 0.4) is 0 Å². The summed E-state index contributed by atoms with van der Waals surface area (Å²) < 4.78 is 32.3. The Morgan fingerprint density at radius 3 is 2.65 bits per heavy atom. The highest BCUT2D eigenvalue weighted by molar-refractivity contribution is 7.92. The smallest absolute Gasteiger partial charge is 0.233 e. The Bertz CT molecular complexity index is 643. The fourth-order valence-corrected chi connectivity index (χ4v) is 3.96. The van der Waals surface area contributed by atoms with Gasteiger partial charge in [0.05, 0.1) is 30.9 Å². The second-order valence-electron chi connectivity index (χ2n) is 6.11. The van der Waals surface area contributed by atoms with Crippen LogP contribution >= 0.6 is 0 Å². The molecule has 0 saturated carbocycles. The average Bonchev–Trinajstić information content (AvgIpc) is 2.48. The fourth-order valence-electron chi connectivity index (χ4n) is 2.58. The van der Waals surface area contributed by atoms with Gasteiger partial charge in [0.1, 0.15) is 0 Å². The van der Waals surface area contributed by atoms with Crippen molar-refractivity contribution in [2.24, 2.45) is 5.92 Å². The molecule has 0 radical (unpaired) electrons. The summed E-state index contributed by atoms with van der Waals surface area (Å²) in [6.45, 7) is 6.99. The number of nitrogens with one attached hydrogen (secondary N) is 1. The molecule has 1 N–H and O–H groups in total. The van der Waals surface area contributed by atoms with Crippen LogP contribution in [0.5, 0.6) is 0 Å². The Kier molecular flexibility index (Phi) is 5.64. The van der Waals surface area contributed by atoms with Gasteiger partial charge in [0.15, 0.2) is 0 Å². The van der Waals surface area contributed by atoms with Gasteiger partial charge in [-0.2, -0.15) is 0 Å². The van der Waals surface area contributed by atoms with Gasteiger partial charge in [-0.25, -0.2) is 8.42 Å². The van der Waals surface area contributed by atoms with Crippen LogP contribution < -0.4 is 4.72 Å². The van der Waals surface area contributed by atoms with Crippen molar-refractivity contribution in [3.05, 3.63) is 29.8 Å². The van der Waals surface area contributed by atoms with Crippen LogP contribution in [0.25, 0.3) is 0 Å². The van der Waals surface area contributed by atoms with E-state index < -0.39 is 15.9 Å². The van der Waals surface area contributed by atoms with Crippen LogP contribution in [0.15, 0.2) is 24.3 Å². The molecule has 0 spiro atoms. The van der Waals surface area contributed by atoms with Gasteiger partial charge in [-0.15, -0.1) is 0 Å². The zero-order chi connectivity index (χ0) is 17.0. The summed E-state index contributed by atoms with van der Waals surface area (Å²) in [5.74, 6) is -0.974. The molecule has 1 aromatic carbocycles. The van der Waals surface area contributed by atoms with Gasteiger partial charge in [0, 0.05) is 12.2 Å². The van der Waals surface area contributed by atoms with Gasteiger partial charge in [-0.1, -0.05) is 24.6 Å². The summed E-state index contributed by atoms with van der Waals surface area (Å²) >= 11 is 0. The van der Waals surface area contributed by atoms with Gasteiger partial charge >= 0.3 is 0 Å². The molecule has 1 saturated heterocycles. The van der Waals surface area contributed by atoms with Gasteiger partial charge in [-0.05, 0) is 26.0 Å². The Morgan fingerprint density at radius 1 is 1.39 bits per heavy atom. The van der Waals surface area contributed by atoms with E-state index in [1.165, 1.54) is 0 Å². The number of amides is 1. The monoisotopic (exact) mass is 340 g/mol. The molecule has 1 aromatic rings. The van der Waals surface area contributed by atoms with E-state index in [0.29, 0.717) is 25.4 Å². The maximum absolute atomic E-state index is 12.5. The Hall–Kier alpha value is -1.60. The number of ether oxygens (including phenoxy) is 1. The fraction of sp³-hybridized carbons (Fsp3) is 0.562. The topological polar surface area (TPSA) is 75.7 Å². The summed E-state index contributed by atoms with van der Waals surface area (Å²) in [5.41, 5.74) is 1.56. The first-order valence-electron chi connectivity index (χ1n) is 7.74. The number of hydrogen-bond acceptors (Lipinski definition) is 4. The van der Waals surface area contributed by atoms with Crippen molar-refractivity contribution in [1.82, 2.24) is 4.90 Å². The molecular formula is C16H24N2O4S. The van der Waals surface area contributed by atoms with Crippen LogP contribution in [-0.2, 0) is 19.6 Å². The first kappa shape index (κ1) is 17.7. The number of anilines is 1. The van der Waals surface area contributed by atoms with E-state index >= 15 is 0 Å². The van der Waals surface area contributed by atoms with Crippen LogP contribution in [0, 0.1) is 12.8 Å². The number of aryl methyl sites for hydroxylation is 1. The summed E-state index contributed by atoms with van der Waals surface area (Å²) in [6.07, 6.45) is 0. The third-order valence-corrected chi connectivity index (χ3v) is 5.35. The standard InChI is InChI=1S/C16H24N2O4S/c1-12-4-6-15(7-5-12)17-23(20,21)11-13(2)16(19)18-8-9-22-10-14(18)3/h4-7,13-14,17H,8-11H2,1-3H3. The highest BCUT2D eigenvalue weighted by Gasteiger charge is 2.30. The highest BCUT2D eigenvalue weighted by atomic mass is 32.2. The third kappa shape index (κ3) is 4.94. The zero-order valence-corrected chi connectivity index (χ0v) is 14.6. The van der Waals surface area contributed by atoms with Crippen molar-refractivity contribution >= 4 is 21.6 Å². The normalized spacial score (nSPS) is 20.1. The van der Waals surface area contributed by atoms with Gasteiger partial charge < -0.3 is 9.64 Å². The minimum absolute atomic E-state index is 0.0218. The predicted molar refractivity (Wildman–Crippen MR) is 89.7 cm³/mol. The van der Waals surface area contributed by atoms with Crippen LogP contribution in [0.1, 0.15) is 19.4 Å². The summed E-state index contributed by atoms with van der Waals surface area (Å²) in [4.78, 5) is 14.2. The predicted octanol–water partition coefficient (Wildman–Crippen LogP) is 1.62. The van der Waals surface area contributed by atoms with E-state index in [9.17, 15) is 13.2 Å². The van der Waals surface area contributed by atoms with Crippen LogP contribution in [-0.4, -0.2) is 50.8 Å². The number of carbonyl (C=O) groups is 1. The average molecular weight is 340 g/mol. The van der Waals surface area contributed by atoms with Crippen molar-refractivity contribution in [3.63, 3.8) is 0 Å². The van der Waals surface area contributed by atoms with Crippen molar-refractivity contribution in [1.29, 1.82) is 0 Å². The van der Waals surface area contributed by atoms with Crippen molar-refractivity contribution < 1.29 is 17.9 Å². The van der Waals surface area contributed by atoms with Crippen LogP contribution in [0.4, 0.5) is 5.69 Å². The van der Waals surface area contributed by atoms with Crippen LogP contribution in [0.2, 0.25) is 0 Å². The molecule has 2 unspecified atom stereocenters. The minimum atomic E-state index is -3.58. The quantitative estimate of drug-likeness (QED) is 0.884. The summed E-state index contributed by atoms with van der Waals surface area (Å²) in [5, 5.41) is 0. The molecule has 128 valence electrons. The highest BCUT2D eigenvalue weighted by Crippen LogP contribution is 2.15. The number of sulfonamides is 1. The number of hydrogen-bond donors (Lipinski definition) is 1. The molecule has 7 heteroatoms. The Morgan fingerprint density at radius 2 is 2.04 bits per heavy atom. The molecule has 1 heterocycles. The number of morpholine rings is 1. The first-order chi connectivity index (χ1) is 10.8. The van der Waals surface area contributed by atoms with E-state index in [1.54, 1.807) is 24.0 Å². The van der Waals surface area contributed by atoms with Crippen molar-refractivity contribution in [3.8, 4) is 0 Å². The SMILES string of the molecule is Cc1ccc(NS(=O)(=O)CC(C)C(=O)N2CCOCC2C)cc1. The largest absolute Gasteiger partial charge is 0.377 e. The molecule has 1 fully saturated rings. The van der Waals surface area contributed by atoms with Crippen molar-refractivity contribution in [2.45, 2.75) is 26.8 Å². The molecule has 1 aliphatic rings. The van der Waals surface area contributed by atoms with E-state index in [4.69, 9.17) is 4.74 Å². The van der Waals surface area contributed by atoms with Gasteiger partial charge in [-0.3, -0.25) is 9.52 Å². The van der Waals surface area contributed by atoms with E-state index in [2.05, 4.69) is 4.72 Å². The molecular weight excluding hydrogens is 316 g/mol. The van der Waals surface area contributed by atoms with Crippen molar-refractivity contribution in [2.75, 3.05) is 30.2 Å². The number of rotatable bonds is 5. The maximum atomic E-state index is 12.5. The zero-order valence-electron chi connectivity index (χ0n) is 13.8. The molecule has 0 aliphatic carbocycles. The third-order valence-electron chi connectivity index (χ3n) is 3.87. The molecule has 2 rings (SSSR count).